The summed E-state index contributed by atoms with van der Waals surface area (Å²) >= 11 is 0. The molecule has 1 atom stereocenters. The minimum Gasteiger partial charge on any atom is -0.480 e. The van der Waals surface area contributed by atoms with Gasteiger partial charge in [0.1, 0.15) is 6.04 Å². The molecule has 2 aromatic carbocycles. The number of carbonyl (C=O) groups is 2. The van der Waals surface area contributed by atoms with Crippen LogP contribution in [0.1, 0.15) is 69.7 Å². The number of guanidine groups is 1. The van der Waals surface area contributed by atoms with E-state index in [1.54, 1.807) is 4.57 Å². The minimum absolute atomic E-state index is 0.0511. The van der Waals surface area contributed by atoms with Crippen molar-refractivity contribution in [1.82, 2.24) is 20.5 Å². The number of hydrogen-bond donors (Lipinski definition) is 4. The molecule has 1 amide bonds. The first kappa shape index (κ1) is 36.3. The Kier molecular flexibility index (Phi) is 16.3. The normalized spacial score (nSPS) is 12.2. The molecule has 0 aliphatic heterocycles. The first-order valence-electron chi connectivity index (χ1n) is 15.3. The maximum Gasteiger partial charge on any atom is 0.326 e. The van der Waals surface area contributed by atoms with E-state index >= 15 is 0 Å². The van der Waals surface area contributed by atoms with E-state index in [0.717, 1.165) is 23.1 Å². The maximum absolute atomic E-state index is 12.5. The van der Waals surface area contributed by atoms with Crippen LogP contribution in [0.3, 0.4) is 0 Å². The predicted octanol–water partition coefficient (Wildman–Crippen LogP) is 4.99. The molecular weight excluding hydrogens is 570 g/mol. The highest BCUT2D eigenvalue weighted by Crippen LogP contribution is 2.25. The van der Waals surface area contributed by atoms with Crippen molar-refractivity contribution in [3.05, 3.63) is 118 Å². The lowest BCUT2D eigenvalue weighted by Crippen LogP contribution is -2.41. The van der Waals surface area contributed by atoms with E-state index in [4.69, 9.17) is 9.84 Å². The van der Waals surface area contributed by atoms with Gasteiger partial charge >= 0.3 is 5.97 Å². The maximum atomic E-state index is 12.5. The van der Waals surface area contributed by atoms with Crippen molar-refractivity contribution in [3.8, 4) is 0 Å². The number of amides is 1. The van der Waals surface area contributed by atoms with Gasteiger partial charge in [0.15, 0.2) is 11.8 Å². The Morgan fingerprint density at radius 1 is 1.00 bits per heavy atom. The first-order chi connectivity index (χ1) is 21.7. The molecule has 4 N–H and O–H groups in total. The molecule has 0 saturated heterocycles. The topological polar surface area (TPSA) is 134 Å². The van der Waals surface area contributed by atoms with Gasteiger partial charge in [-0.25, -0.2) is 4.79 Å². The monoisotopic (exact) mass is 617 g/mol. The number of ether oxygens (including phenoxy) is 1. The van der Waals surface area contributed by atoms with E-state index in [9.17, 15) is 14.4 Å². The number of rotatable bonds is 15. The summed E-state index contributed by atoms with van der Waals surface area (Å²) in [6.07, 6.45) is 5.86. The van der Waals surface area contributed by atoms with Crippen molar-refractivity contribution < 1.29 is 19.4 Å². The summed E-state index contributed by atoms with van der Waals surface area (Å²) in [5.41, 5.74) is 3.03. The third kappa shape index (κ3) is 12.7. The van der Waals surface area contributed by atoms with Crippen LogP contribution in [0.25, 0.3) is 0 Å². The van der Waals surface area contributed by atoms with Gasteiger partial charge in [0, 0.05) is 24.3 Å². The number of benzene rings is 2. The SMILES string of the molecule is CC/C=C(\NC(=NCCCC(NC=O)C(=O)O)NC(C)C)OCC.Cc1cccn(C(c2ccccc2)c2ccccc2)c1=O. The van der Waals surface area contributed by atoms with Crippen LogP contribution in [-0.4, -0.2) is 53.2 Å². The average Bonchev–Trinajstić information content (AvgIpc) is 3.02. The lowest BCUT2D eigenvalue weighted by atomic mass is 9.98. The lowest BCUT2D eigenvalue weighted by molar-refractivity contribution is -0.140. The Morgan fingerprint density at radius 3 is 2.13 bits per heavy atom. The summed E-state index contributed by atoms with van der Waals surface area (Å²) in [5, 5.41) is 17.5. The number of pyridine rings is 1. The third-order valence-corrected chi connectivity index (χ3v) is 6.52. The zero-order valence-corrected chi connectivity index (χ0v) is 26.9. The highest BCUT2D eigenvalue weighted by Gasteiger charge is 2.17. The molecule has 10 nitrogen and oxygen atoms in total. The summed E-state index contributed by atoms with van der Waals surface area (Å²) in [7, 11) is 0. The van der Waals surface area contributed by atoms with E-state index in [-0.39, 0.29) is 17.6 Å². The second-order valence-electron chi connectivity index (χ2n) is 10.5. The standard InChI is InChI=1S/C19H17NO.C16H30N4O4/c1-15-9-8-14-20(19(15)21)18(16-10-4-2-5-11-16)17-12-6-3-7-13-17;1-5-8-14(24-6-2)20-16(19-12(3)4)17-10-7-9-13(15(22)23)18-11-21/h2-14,18H,1H3;8,11-13H,5-7,9-10H2,1-4H3,(H,18,21)(H,22,23)(H2,17,19,20)/b;14-8+. The minimum atomic E-state index is -1.05. The molecule has 10 heteroatoms. The van der Waals surface area contributed by atoms with Gasteiger partial charge in [-0.15, -0.1) is 0 Å². The second-order valence-corrected chi connectivity index (χ2v) is 10.5. The second kappa shape index (κ2) is 20.2. The molecule has 3 aromatic rings. The van der Waals surface area contributed by atoms with Crippen LogP contribution in [0, 0.1) is 6.92 Å². The highest BCUT2D eigenvalue weighted by atomic mass is 16.5. The number of hydrogen-bond acceptors (Lipinski definition) is 5. The number of allylic oxidation sites excluding steroid dienone is 1. The Bertz CT molecular complexity index is 1380. The Hall–Kier alpha value is -4.86. The van der Waals surface area contributed by atoms with E-state index in [1.807, 2.05) is 95.4 Å². The van der Waals surface area contributed by atoms with E-state index < -0.39 is 12.0 Å². The summed E-state index contributed by atoms with van der Waals surface area (Å²) in [4.78, 5) is 38.3. The van der Waals surface area contributed by atoms with Crippen molar-refractivity contribution in [1.29, 1.82) is 0 Å². The van der Waals surface area contributed by atoms with Gasteiger partial charge in [0.2, 0.25) is 6.41 Å². The first-order valence-corrected chi connectivity index (χ1v) is 15.3. The number of carboxylic acid groups (broad SMARTS) is 1. The number of carbonyl (C=O) groups excluding carboxylic acids is 1. The van der Waals surface area contributed by atoms with Gasteiger partial charge in [-0.05, 0) is 70.2 Å². The van der Waals surface area contributed by atoms with Gasteiger partial charge in [0.25, 0.3) is 5.56 Å². The summed E-state index contributed by atoms with van der Waals surface area (Å²) in [5.74, 6) is 0.167. The number of aliphatic imine (C=N–C) groups is 1. The van der Waals surface area contributed by atoms with Crippen molar-refractivity contribution in [3.63, 3.8) is 0 Å². The Balaban J connectivity index is 0.000000315. The molecule has 1 heterocycles. The molecule has 0 aliphatic carbocycles. The van der Waals surface area contributed by atoms with Crippen molar-refractivity contribution >= 4 is 18.3 Å². The number of aliphatic carboxylic acids is 1. The van der Waals surface area contributed by atoms with E-state index in [0.29, 0.717) is 44.2 Å². The zero-order chi connectivity index (χ0) is 33.0. The number of carboxylic acids is 1. The number of nitrogens with one attached hydrogen (secondary N) is 3. The third-order valence-electron chi connectivity index (χ3n) is 6.52. The summed E-state index contributed by atoms with van der Waals surface area (Å²) < 4.78 is 7.31. The number of nitrogens with zero attached hydrogens (tertiary/aromatic N) is 2. The van der Waals surface area contributed by atoms with Gasteiger partial charge in [0.05, 0.1) is 12.6 Å². The van der Waals surface area contributed by atoms with Crippen LogP contribution >= 0.6 is 0 Å². The molecule has 0 aliphatic rings. The van der Waals surface area contributed by atoms with Gasteiger partial charge in [-0.1, -0.05) is 73.7 Å². The molecule has 3 rings (SSSR count). The summed E-state index contributed by atoms with van der Waals surface area (Å²) in [6.45, 7) is 10.7. The molecule has 1 unspecified atom stereocenters. The molecule has 1 aromatic heterocycles. The van der Waals surface area contributed by atoms with Crippen LogP contribution in [0.2, 0.25) is 0 Å². The molecule has 0 spiro atoms. The molecule has 0 bridgehead atoms. The summed E-state index contributed by atoms with van der Waals surface area (Å²) in [6, 6.07) is 23.2. The number of aryl methyl sites for hydroxylation is 1. The van der Waals surface area contributed by atoms with Crippen molar-refractivity contribution in [2.75, 3.05) is 13.2 Å². The fourth-order valence-corrected chi connectivity index (χ4v) is 4.46. The lowest BCUT2D eigenvalue weighted by Gasteiger charge is -2.21. The molecule has 0 saturated carbocycles. The van der Waals surface area contributed by atoms with Gasteiger partial charge in [-0.3, -0.25) is 19.9 Å². The Labute approximate surface area is 266 Å². The van der Waals surface area contributed by atoms with Crippen LogP contribution in [0.5, 0.6) is 0 Å². The fraction of sp³-hybridized carbons (Fsp3) is 0.371. The van der Waals surface area contributed by atoms with E-state index in [1.165, 1.54) is 0 Å². The van der Waals surface area contributed by atoms with E-state index in [2.05, 4.69) is 45.2 Å². The largest absolute Gasteiger partial charge is 0.480 e. The van der Waals surface area contributed by atoms with Crippen LogP contribution in [0.15, 0.2) is 101 Å². The molecule has 242 valence electrons. The highest BCUT2D eigenvalue weighted by molar-refractivity contribution is 5.81. The van der Waals surface area contributed by atoms with Crippen molar-refractivity contribution in [2.45, 2.75) is 72.0 Å². The predicted molar refractivity (Wildman–Crippen MR) is 179 cm³/mol. The average molecular weight is 618 g/mol. The quantitative estimate of drug-likeness (QED) is 0.0621. The smallest absolute Gasteiger partial charge is 0.326 e. The Morgan fingerprint density at radius 2 is 1.62 bits per heavy atom. The fourth-order valence-electron chi connectivity index (χ4n) is 4.46. The zero-order valence-electron chi connectivity index (χ0n) is 26.9. The number of aromatic nitrogens is 1. The molecule has 45 heavy (non-hydrogen) atoms. The van der Waals surface area contributed by atoms with Crippen molar-refractivity contribution in [2.24, 2.45) is 4.99 Å². The van der Waals surface area contributed by atoms with Gasteiger partial charge < -0.3 is 25.0 Å². The van der Waals surface area contributed by atoms with Crippen LogP contribution in [-0.2, 0) is 14.3 Å². The van der Waals surface area contributed by atoms with Gasteiger partial charge in [-0.2, -0.15) is 0 Å². The van der Waals surface area contributed by atoms with Crippen LogP contribution < -0.4 is 21.5 Å². The molecule has 0 radical (unpaired) electrons. The molecular formula is C35H47N5O5. The van der Waals surface area contributed by atoms with Crippen LogP contribution in [0.4, 0.5) is 0 Å². The molecule has 0 fully saturated rings.